The Balaban J connectivity index is 2.64. The molecule has 1 fully saturated rings. The third kappa shape index (κ3) is 3.16. The fraction of sp³-hybridized carbons (Fsp3) is 0.889. The topological polar surface area (TPSA) is 66.9 Å². The van der Waals surface area contributed by atoms with Crippen LogP contribution in [-0.2, 0) is 19.7 Å². The molecule has 1 aliphatic heterocycles. The first-order valence-electron chi connectivity index (χ1n) is 5.26. The van der Waals surface area contributed by atoms with Crippen LogP contribution in [0.3, 0.4) is 0 Å². The van der Waals surface area contributed by atoms with Gasteiger partial charge in [-0.15, -0.1) is 0 Å². The summed E-state index contributed by atoms with van der Waals surface area (Å²) in [5.41, 5.74) is 0. The van der Waals surface area contributed by atoms with Crippen molar-refractivity contribution in [2.45, 2.75) is 19.3 Å². The van der Waals surface area contributed by atoms with E-state index in [1.807, 2.05) is 0 Å². The lowest BCUT2D eigenvalue weighted by molar-refractivity contribution is -0.140. The van der Waals surface area contributed by atoms with Crippen molar-refractivity contribution >= 4 is 16.2 Å². The minimum Gasteiger partial charge on any atom is -0.468 e. The SMILES string of the molecule is COC(=O)CN(C)S(=O)(=O)N1CCCCC1. The first-order valence-corrected chi connectivity index (χ1v) is 6.66. The zero-order chi connectivity index (χ0) is 12.2. The number of carbonyl (C=O) groups excluding carboxylic acids is 1. The molecule has 0 spiro atoms. The Hall–Kier alpha value is -0.660. The number of hydrogen-bond acceptors (Lipinski definition) is 4. The van der Waals surface area contributed by atoms with Crippen LogP contribution in [0.2, 0.25) is 0 Å². The molecule has 0 atom stereocenters. The van der Waals surface area contributed by atoms with Crippen LogP contribution >= 0.6 is 0 Å². The predicted octanol–water partition coefficient (Wildman–Crippen LogP) is -0.178. The summed E-state index contributed by atoms with van der Waals surface area (Å²) in [4.78, 5) is 11.0. The number of hydrogen-bond donors (Lipinski definition) is 0. The summed E-state index contributed by atoms with van der Waals surface area (Å²) in [5, 5.41) is 0. The van der Waals surface area contributed by atoms with Gasteiger partial charge in [-0.3, -0.25) is 4.79 Å². The van der Waals surface area contributed by atoms with Crippen molar-refractivity contribution in [1.29, 1.82) is 0 Å². The maximum atomic E-state index is 12.0. The minimum atomic E-state index is -3.50. The number of rotatable bonds is 4. The molecule has 0 radical (unpaired) electrons. The molecule has 0 amide bonds. The summed E-state index contributed by atoms with van der Waals surface area (Å²) in [7, 11) is -0.872. The van der Waals surface area contributed by atoms with Crippen LogP contribution < -0.4 is 0 Å². The number of likely N-dealkylation sites (N-methyl/N-ethyl adjacent to an activating group) is 1. The van der Waals surface area contributed by atoms with Gasteiger partial charge in [-0.05, 0) is 12.8 Å². The third-order valence-electron chi connectivity index (χ3n) is 2.61. The minimum absolute atomic E-state index is 0.241. The molecule has 1 rings (SSSR count). The van der Waals surface area contributed by atoms with E-state index in [1.165, 1.54) is 18.5 Å². The Labute approximate surface area is 96.3 Å². The largest absolute Gasteiger partial charge is 0.468 e. The smallest absolute Gasteiger partial charge is 0.321 e. The highest BCUT2D eigenvalue weighted by molar-refractivity contribution is 7.86. The fourth-order valence-electron chi connectivity index (χ4n) is 1.62. The lowest BCUT2D eigenvalue weighted by atomic mass is 10.2. The van der Waals surface area contributed by atoms with Gasteiger partial charge in [0.05, 0.1) is 7.11 Å². The molecule has 16 heavy (non-hydrogen) atoms. The van der Waals surface area contributed by atoms with Gasteiger partial charge in [0.25, 0.3) is 10.2 Å². The third-order valence-corrected chi connectivity index (χ3v) is 4.55. The van der Waals surface area contributed by atoms with Crippen molar-refractivity contribution in [1.82, 2.24) is 8.61 Å². The van der Waals surface area contributed by atoms with E-state index in [0.717, 1.165) is 23.6 Å². The van der Waals surface area contributed by atoms with Crippen molar-refractivity contribution in [3.8, 4) is 0 Å². The average Bonchev–Trinajstić information content (AvgIpc) is 2.29. The van der Waals surface area contributed by atoms with E-state index in [1.54, 1.807) is 0 Å². The number of piperidine rings is 1. The van der Waals surface area contributed by atoms with Crippen molar-refractivity contribution in [3.63, 3.8) is 0 Å². The summed E-state index contributed by atoms with van der Waals surface area (Å²) < 4.78 is 30.8. The molecular weight excluding hydrogens is 232 g/mol. The highest BCUT2D eigenvalue weighted by atomic mass is 32.2. The van der Waals surface area contributed by atoms with Gasteiger partial charge in [0, 0.05) is 20.1 Å². The summed E-state index contributed by atoms with van der Waals surface area (Å²) in [6.07, 6.45) is 2.82. The average molecular weight is 250 g/mol. The summed E-state index contributed by atoms with van der Waals surface area (Å²) in [6, 6.07) is 0. The van der Waals surface area contributed by atoms with Gasteiger partial charge in [-0.1, -0.05) is 6.42 Å². The molecule has 0 aliphatic carbocycles. The molecule has 0 aromatic rings. The summed E-state index contributed by atoms with van der Waals surface area (Å²) in [6.45, 7) is 0.830. The van der Waals surface area contributed by atoms with Gasteiger partial charge < -0.3 is 4.74 Å². The molecule has 1 aliphatic rings. The number of nitrogens with zero attached hydrogens (tertiary/aromatic N) is 2. The summed E-state index contributed by atoms with van der Waals surface area (Å²) >= 11 is 0. The van der Waals surface area contributed by atoms with Gasteiger partial charge in [0.15, 0.2) is 0 Å². The van der Waals surface area contributed by atoms with Crippen molar-refractivity contribution < 1.29 is 17.9 Å². The van der Waals surface area contributed by atoms with Gasteiger partial charge in [0.2, 0.25) is 0 Å². The van der Waals surface area contributed by atoms with E-state index in [-0.39, 0.29) is 6.54 Å². The molecule has 1 heterocycles. The molecule has 0 saturated carbocycles. The van der Waals surface area contributed by atoms with E-state index in [4.69, 9.17) is 0 Å². The zero-order valence-electron chi connectivity index (χ0n) is 9.68. The van der Waals surface area contributed by atoms with Crippen molar-refractivity contribution in [3.05, 3.63) is 0 Å². The molecule has 0 N–H and O–H groups in total. The Bertz CT molecular complexity index is 335. The number of methoxy groups -OCH3 is 1. The molecule has 94 valence electrons. The second-order valence-electron chi connectivity index (χ2n) is 3.80. The maximum absolute atomic E-state index is 12.0. The molecule has 0 bridgehead atoms. The van der Waals surface area contributed by atoms with E-state index in [9.17, 15) is 13.2 Å². The number of ether oxygens (including phenoxy) is 1. The van der Waals surface area contributed by atoms with E-state index in [2.05, 4.69) is 4.74 Å². The highest BCUT2D eigenvalue weighted by Crippen LogP contribution is 2.15. The van der Waals surface area contributed by atoms with Gasteiger partial charge in [-0.25, -0.2) is 0 Å². The first-order chi connectivity index (χ1) is 7.48. The first kappa shape index (κ1) is 13.4. The zero-order valence-corrected chi connectivity index (χ0v) is 10.5. The lowest BCUT2D eigenvalue weighted by Gasteiger charge is -2.29. The number of carbonyl (C=O) groups is 1. The molecule has 1 saturated heterocycles. The normalized spacial score (nSPS) is 18.7. The van der Waals surface area contributed by atoms with Gasteiger partial charge in [0.1, 0.15) is 6.54 Å². The molecule has 0 aromatic carbocycles. The lowest BCUT2D eigenvalue weighted by Crippen LogP contribution is -2.46. The van der Waals surface area contributed by atoms with E-state index >= 15 is 0 Å². The Morgan fingerprint density at radius 1 is 1.31 bits per heavy atom. The predicted molar refractivity (Wildman–Crippen MR) is 59.0 cm³/mol. The highest BCUT2D eigenvalue weighted by Gasteiger charge is 2.29. The Morgan fingerprint density at radius 3 is 2.38 bits per heavy atom. The van der Waals surface area contributed by atoms with Crippen LogP contribution in [0, 0.1) is 0 Å². The van der Waals surface area contributed by atoms with Crippen LogP contribution in [0.15, 0.2) is 0 Å². The molecule has 0 aromatic heterocycles. The van der Waals surface area contributed by atoms with E-state index in [0.29, 0.717) is 13.1 Å². The van der Waals surface area contributed by atoms with Crippen LogP contribution in [0.1, 0.15) is 19.3 Å². The van der Waals surface area contributed by atoms with Crippen molar-refractivity contribution in [2.75, 3.05) is 33.8 Å². The monoisotopic (exact) mass is 250 g/mol. The maximum Gasteiger partial charge on any atom is 0.321 e. The van der Waals surface area contributed by atoms with Crippen LogP contribution in [0.5, 0.6) is 0 Å². The summed E-state index contributed by atoms with van der Waals surface area (Å²) in [5.74, 6) is -0.553. The fourth-order valence-corrected chi connectivity index (χ4v) is 3.00. The van der Waals surface area contributed by atoms with Gasteiger partial charge in [-0.2, -0.15) is 17.0 Å². The molecular formula is C9H18N2O4S. The van der Waals surface area contributed by atoms with Gasteiger partial charge >= 0.3 is 5.97 Å². The number of esters is 1. The molecule has 0 unspecified atom stereocenters. The molecule has 6 nitrogen and oxygen atoms in total. The van der Waals surface area contributed by atoms with Crippen LogP contribution in [0.25, 0.3) is 0 Å². The second kappa shape index (κ2) is 5.60. The van der Waals surface area contributed by atoms with Crippen LogP contribution in [0.4, 0.5) is 0 Å². The Morgan fingerprint density at radius 2 is 1.88 bits per heavy atom. The standard InChI is InChI=1S/C9H18N2O4S/c1-10(8-9(12)15-2)16(13,14)11-6-4-3-5-7-11/h3-8H2,1-2H3. The van der Waals surface area contributed by atoms with Crippen molar-refractivity contribution in [2.24, 2.45) is 0 Å². The second-order valence-corrected chi connectivity index (χ2v) is 5.84. The van der Waals surface area contributed by atoms with E-state index < -0.39 is 16.2 Å². The Kier molecular flexibility index (Phi) is 4.69. The molecule has 7 heteroatoms. The van der Waals surface area contributed by atoms with Crippen LogP contribution in [-0.4, -0.2) is 56.8 Å². The quantitative estimate of drug-likeness (QED) is 0.649.